The van der Waals surface area contributed by atoms with Gasteiger partial charge < -0.3 is 11.1 Å². The number of hydrogen-bond acceptors (Lipinski definition) is 2. The standard InChI is InChI=1S/C16H17FN2O/c1-11(13-8-5-9-14(17)10-13)19-16(20)15(18)12-6-3-2-4-7-12/h2-11,15H,18H2,1H3,(H,19,20)/t11-,15+/m1/s1. The quantitative estimate of drug-likeness (QED) is 0.899. The van der Waals surface area contributed by atoms with Gasteiger partial charge in [-0.05, 0) is 30.2 Å². The molecule has 3 N–H and O–H groups in total. The van der Waals surface area contributed by atoms with Crippen molar-refractivity contribution in [2.75, 3.05) is 0 Å². The van der Waals surface area contributed by atoms with Gasteiger partial charge in [-0.2, -0.15) is 0 Å². The molecule has 0 heterocycles. The number of hydrogen-bond donors (Lipinski definition) is 2. The van der Waals surface area contributed by atoms with Gasteiger partial charge in [-0.1, -0.05) is 42.5 Å². The fraction of sp³-hybridized carbons (Fsp3) is 0.188. The predicted molar refractivity (Wildman–Crippen MR) is 76.3 cm³/mol. The van der Waals surface area contributed by atoms with Crippen LogP contribution in [0, 0.1) is 5.82 Å². The minimum atomic E-state index is -0.729. The Kier molecular flexibility index (Phi) is 4.48. The van der Waals surface area contributed by atoms with Crippen LogP contribution in [0.4, 0.5) is 4.39 Å². The highest BCUT2D eigenvalue weighted by atomic mass is 19.1. The Hall–Kier alpha value is -2.20. The van der Waals surface area contributed by atoms with Gasteiger partial charge in [-0.3, -0.25) is 4.79 Å². The van der Waals surface area contributed by atoms with Crippen molar-refractivity contribution in [3.05, 3.63) is 71.5 Å². The van der Waals surface area contributed by atoms with E-state index in [4.69, 9.17) is 5.73 Å². The SMILES string of the molecule is C[C@@H](NC(=O)[C@@H](N)c1ccccc1)c1cccc(F)c1. The summed E-state index contributed by atoms with van der Waals surface area (Å²) >= 11 is 0. The third kappa shape index (κ3) is 3.42. The van der Waals surface area contributed by atoms with E-state index in [1.165, 1.54) is 12.1 Å². The van der Waals surface area contributed by atoms with Crippen LogP contribution in [-0.4, -0.2) is 5.91 Å². The zero-order valence-corrected chi connectivity index (χ0v) is 11.2. The van der Waals surface area contributed by atoms with E-state index in [1.54, 1.807) is 31.2 Å². The summed E-state index contributed by atoms with van der Waals surface area (Å²) in [7, 11) is 0. The van der Waals surface area contributed by atoms with Crippen molar-refractivity contribution < 1.29 is 9.18 Å². The number of nitrogens with one attached hydrogen (secondary N) is 1. The molecular formula is C16H17FN2O. The van der Waals surface area contributed by atoms with E-state index in [0.29, 0.717) is 5.56 Å². The Bertz CT molecular complexity index is 586. The molecule has 2 atom stereocenters. The second-order valence-electron chi connectivity index (χ2n) is 4.67. The first-order chi connectivity index (χ1) is 9.58. The van der Waals surface area contributed by atoms with Crippen LogP contribution in [0.3, 0.4) is 0 Å². The van der Waals surface area contributed by atoms with Gasteiger partial charge in [-0.25, -0.2) is 4.39 Å². The number of halogens is 1. The lowest BCUT2D eigenvalue weighted by molar-refractivity contribution is -0.123. The van der Waals surface area contributed by atoms with Crippen LogP contribution in [0.15, 0.2) is 54.6 Å². The Morgan fingerprint density at radius 2 is 1.75 bits per heavy atom. The van der Waals surface area contributed by atoms with Crippen LogP contribution in [0.2, 0.25) is 0 Å². The predicted octanol–water partition coefficient (Wildman–Crippen LogP) is 2.70. The minimum Gasteiger partial charge on any atom is -0.348 e. The smallest absolute Gasteiger partial charge is 0.241 e. The molecule has 20 heavy (non-hydrogen) atoms. The van der Waals surface area contributed by atoms with Crippen LogP contribution in [0.25, 0.3) is 0 Å². The van der Waals surface area contributed by atoms with Gasteiger partial charge in [0.15, 0.2) is 0 Å². The lowest BCUT2D eigenvalue weighted by Crippen LogP contribution is -2.35. The molecule has 0 spiro atoms. The Morgan fingerprint density at radius 3 is 2.40 bits per heavy atom. The van der Waals surface area contributed by atoms with E-state index in [1.807, 2.05) is 18.2 Å². The number of amides is 1. The molecule has 4 heteroatoms. The van der Waals surface area contributed by atoms with E-state index in [2.05, 4.69) is 5.32 Å². The molecule has 0 aliphatic rings. The molecule has 0 saturated heterocycles. The van der Waals surface area contributed by atoms with Crippen molar-refractivity contribution in [1.82, 2.24) is 5.32 Å². The summed E-state index contributed by atoms with van der Waals surface area (Å²) in [5.74, 6) is -0.607. The van der Waals surface area contributed by atoms with Gasteiger partial charge >= 0.3 is 0 Å². The lowest BCUT2D eigenvalue weighted by Gasteiger charge is -2.18. The normalized spacial score (nSPS) is 13.6. The first-order valence-electron chi connectivity index (χ1n) is 6.44. The zero-order chi connectivity index (χ0) is 14.5. The van der Waals surface area contributed by atoms with Crippen LogP contribution < -0.4 is 11.1 Å². The maximum atomic E-state index is 13.2. The number of carbonyl (C=O) groups excluding carboxylic acids is 1. The van der Waals surface area contributed by atoms with Gasteiger partial charge in [0.05, 0.1) is 6.04 Å². The van der Waals surface area contributed by atoms with Crippen molar-refractivity contribution in [3.63, 3.8) is 0 Å². The molecule has 3 nitrogen and oxygen atoms in total. The highest BCUT2D eigenvalue weighted by Crippen LogP contribution is 2.16. The second kappa shape index (κ2) is 6.30. The van der Waals surface area contributed by atoms with E-state index >= 15 is 0 Å². The number of benzene rings is 2. The summed E-state index contributed by atoms with van der Waals surface area (Å²) in [6, 6.07) is 14.3. The molecule has 0 fully saturated rings. The minimum absolute atomic E-state index is 0.284. The van der Waals surface area contributed by atoms with Crippen LogP contribution >= 0.6 is 0 Å². The molecule has 0 saturated carbocycles. The highest BCUT2D eigenvalue weighted by molar-refractivity contribution is 5.83. The Morgan fingerprint density at radius 1 is 1.10 bits per heavy atom. The molecule has 104 valence electrons. The Balaban J connectivity index is 2.04. The average Bonchev–Trinajstić information content (AvgIpc) is 2.47. The van der Waals surface area contributed by atoms with E-state index in [-0.39, 0.29) is 17.8 Å². The summed E-state index contributed by atoms with van der Waals surface area (Å²) in [4.78, 5) is 12.1. The maximum absolute atomic E-state index is 13.2. The molecule has 0 aliphatic carbocycles. The van der Waals surface area contributed by atoms with Crippen molar-refractivity contribution in [2.24, 2.45) is 5.73 Å². The molecule has 0 unspecified atom stereocenters. The maximum Gasteiger partial charge on any atom is 0.241 e. The van der Waals surface area contributed by atoms with Crippen molar-refractivity contribution in [1.29, 1.82) is 0 Å². The molecule has 0 radical (unpaired) electrons. The monoisotopic (exact) mass is 272 g/mol. The van der Waals surface area contributed by atoms with Gasteiger partial charge in [-0.15, -0.1) is 0 Å². The summed E-state index contributed by atoms with van der Waals surface area (Å²) in [6.45, 7) is 1.80. The van der Waals surface area contributed by atoms with E-state index in [0.717, 1.165) is 5.56 Å². The largest absolute Gasteiger partial charge is 0.348 e. The molecule has 1 amide bonds. The van der Waals surface area contributed by atoms with Gasteiger partial charge in [0, 0.05) is 0 Å². The molecule has 2 aromatic carbocycles. The summed E-state index contributed by atoms with van der Waals surface area (Å²) < 4.78 is 13.2. The second-order valence-corrected chi connectivity index (χ2v) is 4.67. The zero-order valence-electron chi connectivity index (χ0n) is 11.2. The van der Waals surface area contributed by atoms with Crippen LogP contribution in [0.5, 0.6) is 0 Å². The van der Waals surface area contributed by atoms with Gasteiger partial charge in [0.2, 0.25) is 5.91 Å². The lowest BCUT2D eigenvalue weighted by atomic mass is 10.0. The fourth-order valence-electron chi connectivity index (χ4n) is 1.97. The number of nitrogens with two attached hydrogens (primary N) is 1. The van der Waals surface area contributed by atoms with E-state index < -0.39 is 6.04 Å². The third-order valence-corrected chi connectivity index (χ3v) is 3.15. The summed E-state index contributed by atoms with van der Waals surface area (Å²) in [5.41, 5.74) is 7.36. The molecule has 0 aliphatic heterocycles. The van der Waals surface area contributed by atoms with Gasteiger partial charge in [0.1, 0.15) is 11.9 Å². The van der Waals surface area contributed by atoms with Crippen LogP contribution in [0.1, 0.15) is 30.1 Å². The molecule has 2 rings (SSSR count). The van der Waals surface area contributed by atoms with Crippen molar-refractivity contribution in [3.8, 4) is 0 Å². The first kappa shape index (κ1) is 14.2. The molecular weight excluding hydrogens is 255 g/mol. The average molecular weight is 272 g/mol. The highest BCUT2D eigenvalue weighted by Gasteiger charge is 2.18. The molecule has 0 aromatic heterocycles. The van der Waals surface area contributed by atoms with Gasteiger partial charge in [0.25, 0.3) is 0 Å². The van der Waals surface area contributed by atoms with E-state index in [9.17, 15) is 9.18 Å². The Labute approximate surface area is 117 Å². The first-order valence-corrected chi connectivity index (χ1v) is 6.44. The van der Waals surface area contributed by atoms with Crippen molar-refractivity contribution >= 4 is 5.91 Å². The molecule has 0 bridgehead atoms. The summed E-state index contributed by atoms with van der Waals surface area (Å²) in [5, 5.41) is 2.79. The summed E-state index contributed by atoms with van der Waals surface area (Å²) in [6.07, 6.45) is 0. The fourth-order valence-corrected chi connectivity index (χ4v) is 1.97. The third-order valence-electron chi connectivity index (χ3n) is 3.15. The number of rotatable bonds is 4. The number of carbonyl (C=O) groups is 1. The topological polar surface area (TPSA) is 55.1 Å². The van der Waals surface area contributed by atoms with Crippen molar-refractivity contribution in [2.45, 2.75) is 19.0 Å². The van der Waals surface area contributed by atoms with Crippen LogP contribution in [-0.2, 0) is 4.79 Å². The molecule has 2 aromatic rings.